The molecule has 0 amide bonds. The van der Waals surface area contributed by atoms with E-state index in [0.29, 0.717) is 5.11 Å². The Labute approximate surface area is 187 Å². The van der Waals surface area contributed by atoms with Crippen molar-refractivity contribution in [1.82, 2.24) is 19.9 Å². The van der Waals surface area contributed by atoms with Gasteiger partial charge < -0.3 is 14.8 Å². The molecule has 31 heavy (non-hydrogen) atoms. The summed E-state index contributed by atoms with van der Waals surface area (Å²) >= 11 is 5.84. The Bertz CT molecular complexity index is 1170. The number of thiocarbonyl (C=S) groups is 1. The van der Waals surface area contributed by atoms with Crippen molar-refractivity contribution in [3.05, 3.63) is 108 Å². The highest BCUT2D eigenvalue weighted by Crippen LogP contribution is 2.42. The van der Waals surface area contributed by atoms with E-state index in [0.717, 1.165) is 29.2 Å². The van der Waals surface area contributed by atoms with E-state index in [-0.39, 0.29) is 12.1 Å². The zero-order chi connectivity index (χ0) is 21.2. The maximum atomic E-state index is 5.84. The zero-order valence-corrected chi connectivity index (χ0v) is 18.0. The number of rotatable bonds is 5. The fraction of sp³-hybridized carbons (Fsp3) is 0.160. The van der Waals surface area contributed by atoms with Crippen LogP contribution < -0.4 is 10.2 Å². The third kappa shape index (κ3) is 3.59. The van der Waals surface area contributed by atoms with Crippen LogP contribution in [-0.4, -0.2) is 19.6 Å². The quantitative estimate of drug-likeness (QED) is 0.456. The Balaban J connectivity index is 1.65. The number of pyridine rings is 2. The first-order chi connectivity index (χ1) is 15.3. The molecule has 1 fully saturated rings. The Morgan fingerprint density at radius 2 is 1.81 bits per heavy atom. The van der Waals surface area contributed by atoms with Crippen molar-refractivity contribution in [3.8, 4) is 5.69 Å². The summed E-state index contributed by atoms with van der Waals surface area (Å²) < 4.78 is 2.18. The summed E-state index contributed by atoms with van der Waals surface area (Å²) in [4.78, 5) is 11.2. The standard InChI is InChI=1S/C25H23N5S/c1-2-18-10-12-19(13-11-18)30-24(23(28-25(30)31)21-8-3-4-15-27-21)22-9-6-16-29(22)20-7-5-14-26-17-20/h3-17,23-24H,2H2,1H3,(H,28,31)/t23-,24+/m1/s1. The molecule has 0 radical (unpaired) electrons. The second-order valence-electron chi connectivity index (χ2n) is 7.53. The minimum Gasteiger partial charge on any atom is -0.351 e. The van der Waals surface area contributed by atoms with Gasteiger partial charge in [0.15, 0.2) is 5.11 Å². The first-order valence-electron chi connectivity index (χ1n) is 10.4. The summed E-state index contributed by atoms with van der Waals surface area (Å²) in [6.07, 6.45) is 8.57. The van der Waals surface area contributed by atoms with Gasteiger partial charge in [-0.3, -0.25) is 9.97 Å². The van der Waals surface area contributed by atoms with E-state index in [2.05, 4.69) is 80.3 Å². The molecule has 154 valence electrons. The van der Waals surface area contributed by atoms with Crippen LogP contribution in [0.2, 0.25) is 0 Å². The number of hydrogen-bond donors (Lipinski definition) is 1. The largest absolute Gasteiger partial charge is 0.351 e. The van der Waals surface area contributed by atoms with Crippen molar-refractivity contribution in [2.45, 2.75) is 25.4 Å². The molecule has 0 aliphatic carbocycles. The second kappa shape index (κ2) is 8.32. The number of aryl methyl sites for hydroxylation is 1. The zero-order valence-electron chi connectivity index (χ0n) is 17.2. The number of aromatic nitrogens is 3. The first-order valence-corrected chi connectivity index (χ1v) is 10.8. The van der Waals surface area contributed by atoms with Gasteiger partial charge >= 0.3 is 0 Å². The lowest BCUT2D eigenvalue weighted by atomic mass is 10.0. The van der Waals surface area contributed by atoms with Crippen LogP contribution in [0.1, 0.15) is 36.0 Å². The Morgan fingerprint density at radius 3 is 2.52 bits per heavy atom. The maximum Gasteiger partial charge on any atom is 0.174 e. The van der Waals surface area contributed by atoms with E-state index < -0.39 is 0 Å². The SMILES string of the molecule is CCc1ccc(N2C(=S)N[C@H](c3ccccn3)[C@@H]2c2cccn2-c2cccnc2)cc1. The van der Waals surface area contributed by atoms with Gasteiger partial charge in [0.1, 0.15) is 6.04 Å². The third-order valence-electron chi connectivity index (χ3n) is 5.73. The lowest BCUT2D eigenvalue weighted by Gasteiger charge is -2.29. The Morgan fingerprint density at radius 1 is 0.935 bits per heavy atom. The lowest BCUT2D eigenvalue weighted by molar-refractivity contribution is 0.549. The normalized spacial score (nSPS) is 18.2. The Kier molecular flexibility index (Phi) is 5.22. The molecule has 6 heteroatoms. The van der Waals surface area contributed by atoms with Gasteiger partial charge in [-0.1, -0.05) is 25.1 Å². The van der Waals surface area contributed by atoms with Crippen molar-refractivity contribution < 1.29 is 0 Å². The van der Waals surface area contributed by atoms with E-state index in [1.165, 1.54) is 5.56 Å². The molecule has 1 aromatic carbocycles. The van der Waals surface area contributed by atoms with Crippen LogP contribution in [0.5, 0.6) is 0 Å². The van der Waals surface area contributed by atoms with Gasteiger partial charge in [0.25, 0.3) is 0 Å². The molecule has 0 unspecified atom stereocenters. The fourth-order valence-electron chi connectivity index (χ4n) is 4.19. The molecule has 3 aromatic heterocycles. The Hall–Kier alpha value is -3.51. The van der Waals surface area contributed by atoms with Gasteiger partial charge in [-0.25, -0.2) is 0 Å². The van der Waals surface area contributed by atoms with E-state index in [4.69, 9.17) is 12.2 Å². The van der Waals surface area contributed by atoms with Crippen molar-refractivity contribution >= 4 is 23.0 Å². The predicted octanol–water partition coefficient (Wildman–Crippen LogP) is 5.01. The molecule has 1 N–H and O–H groups in total. The molecule has 5 rings (SSSR count). The molecule has 1 aliphatic rings. The number of nitrogens with zero attached hydrogens (tertiary/aromatic N) is 4. The summed E-state index contributed by atoms with van der Waals surface area (Å²) in [5.41, 5.74) is 5.47. The average molecular weight is 426 g/mol. The van der Waals surface area contributed by atoms with Gasteiger partial charge in [0.05, 0.1) is 23.6 Å². The topological polar surface area (TPSA) is 46.0 Å². The van der Waals surface area contributed by atoms with Crippen LogP contribution in [0.4, 0.5) is 5.69 Å². The molecule has 1 saturated heterocycles. The van der Waals surface area contributed by atoms with Crippen LogP contribution in [0.15, 0.2) is 91.5 Å². The minimum atomic E-state index is -0.0788. The number of anilines is 1. The van der Waals surface area contributed by atoms with E-state index in [1.54, 1.807) is 6.20 Å². The fourth-order valence-corrected chi connectivity index (χ4v) is 4.54. The molecule has 5 nitrogen and oxygen atoms in total. The number of benzene rings is 1. The molecule has 4 aromatic rings. The van der Waals surface area contributed by atoms with Crippen molar-refractivity contribution in [1.29, 1.82) is 0 Å². The van der Waals surface area contributed by atoms with E-state index >= 15 is 0 Å². The highest BCUT2D eigenvalue weighted by atomic mass is 32.1. The molecule has 4 heterocycles. The molecule has 0 saturated carbocycles. The molecule has 0 spiro atoms. The van der Waals surface area contributed by atoms with Gasteiger partial charge in [-0.2, -0.15) is 0 Å². The average Bonchev–Trinajstić information content (AvgIpc) is 3.44. The van der Waals surface area contributed by atoms with Crippen LogP contribution in [0.3, 0.4) is 0 Å². The molecular formula is C25H23N5S. The summed E-state index contributed by atoms with van der Waals surface area (Å²) in [7, 11) is 0. The van der Waals surface area contributed by atoms with Crippen LogP contribution in [0, 0.1) is 0 Å². The predicted molar refractivity (Wildman–Crippen MR) is 127 cm³/mol. The van der Waals surface area contributed by atoms with Crippen LogP contribution >= 0.6 is 12.2 Å². The minimum absolute atomic E-state index is 0.0647. The van der Waals surface area contributed by atoms with Crippen molar-refractivity contribution in [2.24, 2.45) is 0 Å². The van der Waals surface area contributed by atoms with Gasteiger partial charge in [0.2, 0.25) is 0 Å². The smallest absolute Gasteiger partial charge is 0.174 e. The number of nitrogens with one attached hydrogen (secondary N) is 1. The van der Waals surface area contributed by atoms with Gasteiger partial charge in [-0.05, 0) is 72.7 Å². The molecule has 2 atom stereocenters. The van der Waals surface area contributed by atoms with Gasteiger partial charge in [0, 0.05) is 30.0 Å². The summed E-state index contributed by atoms with van der Waals surface area (Å²) in [6, 6.07) is 22.7. The maximum absolute atomic E-state index is 5.84. The second-order valence-corrected chi connectivity index (χ2v) is 7.92. The number of hydrogen-bond acceptors (Lipinski definition) is 3. The van der Waals surface area contributed by atoms with Gasteiger partial charge in [-0.15, -0.1) is 0 Å². The molecular weight excluding hydrogens is 402 g/mol. The van der Waals surface area contributed by atoms with Crippen LogP contribution in [-0.2, 0) is 6.42 Å². The summed E-state index contributed by atoms with van der Waals surface area (Å²) in [5, 5.41) is 4.23. The molecule has 0 bridgehead atoms. The third-order valence-corrected chi connectivity index (χ3v) is 6.04. The molecule has 1 aliphatic heterocycles. The monoisotopic (exact) mass is 425 g/mol. The summed E-state index contributed by atoms with van der Waals surface area (Å²) in [6.45, 7) is 2.16. The highest BCUT2D eigenvalue weighted by Gasteiger charge is 2.42. The van der Waals surface area contributed by atoms with E-state index in [9.17, 15) is 0 Å². The van der Waals surface area contributed by atoms with E-state index in [1.807, 2.05) is 36.7 Å². The highest BCUT2D eigenvalue weighted by molar-refractivity contribution is 7.80. The van der Waals surface area contributed by atoms with Crippen molar-refractivity contribution in [2.75, 3.05) is 4.90 Å². The summed E-state index contributed by atoms with van der Waals surface area (Å²) in [5.74, 6) is 0. The van der Waals surface area contributed by atoms with Crippen LogP contribution in [0.25, 0.3) is 5.69 Å². The first kappa shape index (κ1) is 19.5. The van der Waals surface area contributed by atoms with Crippen molar-refractivity contribution in [3.63, 3.8) is 0 Å². The lowest BCUT2D eigenvalue weighted by Crippen LogP contribution is -2.30.